The van der Waals surface area contributed by atoms with E-state index >= 15 is 0 Å². The minimum Gasteiger partial charge on any atom is -0.481 e. The van der Waals surface area contributed by atoms with Crippen LogP contribution in [0.1, 0.15) is 40.5 Å². The average molecular weight is 244 g/mol. The lowest BCUT2D eigenvalue weighted by molar-refractivity contribution is -0.139. The Hall–Kier alpha value is -1.10. The quantitative estimate of drug-likeness (QED) is 0.622. The second kappa shape index (κ2) is 6.59. The van der Waals surface area contributed by atoms with Gasteiger partial charge in [0.2, 0.25) is 5.91 Å². The van der Waals surface area contributed by atoms with Crippen LogP contribution in [0.15, 0.2) is 0 Å². The minimum absolute atomic E-state index is 0.0995. The largest absolute Gasteiger partial charge is 0.481 e. The number of carboxylic acid groups (broad SMARTS) is 1. The molecule has 0 aliphatic heterocycles. The van der Waals surface area contributed by atoms with E-state index in [1.54, 1.807) is 13.8 Å². The zero-order valence-corrected chi connectivity index (χ0v) is 11.1. The molecule has 0 aromatic heterocycles. The molecule has 0 heterocycles. The summed E-state index contributed by atoms with van der Waals surface area (Å²) in [7, 11) is 0. The smallest absolute Gasteiger partial charge is 0.305 e. The van der Waals surface area contributed by atoms with Gasteiger partial charge in [0, 0.05) is 12.1 Å². The monoisotopic (exact) mass is 244 g/mol. The summed E-state index contributed by atoms with van der Waals surface area (Å²) in [5.41, 5.74) is 4.82. The Morgan fingerprint density at radius 3 is 2.24 bits per heavy atom. The number of rotatable bonds is 7. The Balaban J connectivity index is 4.44. The molecule has 17 heavy (non-hydrogen) atoms. The predicted molar refractivity (Wildman–Crippen MR) is 66.5 cm³/mol. The third-order valence-electron chi connectivity index (χ3n) is 2.47. The van der Waals surface area contributed by atoms with Gasteiger partial charge in [-0.25, -0.2) is 0 Å². The first kappa shape index (κ1) is 15.9. The van der Waals surface area contributed by atoms with E-state index in [1.807, 2.05) is 13.8 Å². The Morgan fingerprint density at radius 2 is 1.88 bits per heavy atom. The molecular formula is C12H24N2O3. The van der Waals surface area contributed by atoms with Crippen LogP contribution in [0, 0.1) is 11.8 Å². The maximum atomic E-state index is 11.9. The molecule has 1 atom stereocenters. The number of carbonyl (C=O) groups excluding carboxylic acids is 1. The molecule has 0 aromatic carbocycles. The van der Waals surface area contributed by atoms with Crippen molar-refractivity contribution >= 4 is 11.9 Å². The topological polar surface area (TPSA) is 92.4 Å². The standard InChI is InChI=1S/C12H24N2O3/c1-8(2)5-9(7-13)11(17)14-12(3,4)6-10(15)16/h8-9H,5-7,13H2,1-4H3,(H,14,17)(H,15,16). The van der Waals surface area contributed by atoms with Gasteiger partial charge in [-0.2, -0.15) is 0 Å². The minimum atomic E-state index is -0.927. The number of hydrogen-bond acceptors (Lipinski definition) is 3. The number of aliphatic carboxylic acids is 1. The molecule has 0 aliphatic rings. The molecule has 0 saturated carbocycles. The van der Waals surface area contributed by atoms with E-state index in [0.717, 1.165) is 0 Å². The number of carbonyl (C=O) groups is 2. The summed E-state index contributed by atoms with van der Waals surface area (Å²) in [6.07, 6.45) is 0.614. The molecule has 0 bridgehead atoms. The van der Waals surface area contributed by atoms with E-state index in [4.69, 9.17) is 10.8 Å². The van der Waals surface area contributed by atoms with Gasteiger partial charge in [-0.3, -0.25) is 9.59 Å². The summed E-state index contributed by atoms with van der Waals surface area (Å²) in [5, 5.41) is 11.5. The van der Waals surface area contributed by atoms with Crippen molar-refractivity contribution < 1.29 is 14.7 Å². The fourth-order valence-corrected chi connectivity index (χ4v) is 1.74. The number of nitrogens with two attached hydrogens (primary N) is 1. The van der Waals surface area contributed by atoms with Gasteiger partial charge in [-0.1, -0.05) is 13.8 Å². The molecule has 1 amide bonds. The highest BCUT2D eigenvalue weighted by atomic mass is 16.4. The lowest BCUT2D eigenvalue weighted by Gasteiger charge is -2.27. The molecular weight excluding hydrogens is 220 g/mol. The first-order chi connectivity index (χ1) is 7.68. The summed E-state index contributed by atoms with van der Waals surface area (Å²) >= 11 is 0. The van der Waals surface area contributed by atoms with Gasteiger partial charge >= 0.3 is 5.97 Å². The molecule has 0 spiro atoms. The van der Waals surface area contributed by atoms with Crippen molar-refractivity contribution in [1.82, 2.24) is 5.32 Å². The van der Waals surface area contributed by atoms with E-state index in [9.17, 15) is 9.59 Å². The van der Waals surface area contributed by atoms with Crippen molar-refractivity contribution in [3.05, 3.63) is 0 Å². The van der Waals surface area contributed by atoms with Gasteiger partial charge in [0.1, 0.15) is 0 Å². The van der Waals surface area contributed by atoms with Gasteiger partial charge in [0.25, 0.3) is 0 Å². The third kappa shape index (κ3) is 6.94. The van der Waals surface area contributed by atoms with Crippen LogP contribution >= 0.6 is 0 Å². The van der Waals surface area contributed by atoms with Crippen molar-refractivity contribution in [1.29, 1.82) is 0 Å². The van der Waals surface area contributed by atoms with Crippen molar-refractivity contribution in [3.8, 4) is 0 Å². The Labute approximate surface area is 103 Å². The molecule has 4 N–H and O–H groups in total. The van der Waals surface area contributed by atoms with Crippen LogP contribution in [0.3, 0.4) is 0 Å². The zero-order chi connectivity index (χ0) is 13.6. The SMILES string of the molecule is CC(C)CC(CN)C(=O)NC(C)(C)CC(=O)O. The normalized spacial score (nSPS) is 13.5. The lowest BCUT2D eigenvalue weighted by atomic mass is 9.94. The fourth-order valence-electron chi connectivity index (χ4n) is 1.74. The summed E-state index contributed by atoms with van der Waals surface area (Å²) in [5.74, 6) is -0.948. The van der Waals surface area contributed by atoms with Crippen molar-refractivity contribution in [3.63, 3.8) is 0 Å². The van der Waals surface area contributed by atoms with Crippen LogP contribution in [0.2, 0.25) is 0 Å². The van der Waals surface area contributed by atoms with Crippen molar-refractivity contribution in [2.45, 2.75) is 46.1 Å². The Bertz CT molecular complexity index is 275. The molecule has 1 unspecified atom stereocenters. The third-order valence-corrected chi connectivity index (χ3v) is 2.47. The van der Waals surface area contributed by atoms with Crippen molar-refractivity contribution in [2.24, 2.45) is 17.6 Å². The molecule has 5 heteroatoms. The molecule has 0 fully saturated rings. The second-order valence-electron chi connectivity index (χ2n) is 5.51. The molecule has 0 saturated heterocycles. The molecule has 0 rings (SSSR count). The first-order valence-corrected chi connectivity index (χ1v) is 5.92. The molecule has 0 aromatic rings. The van der Waals surface area contributed by atoms with Crippen molar-refractivity contribution in [2.75, 3.05) is 6.54 Å². The highest BCUT2D eigenvalue weighted by Gasteiger charge is 2.27. The Morgan fingerprint density at radius 1 is 1.35 bits per heavy atom. The summed E-state index contributed by atoms with van der Waals surface area (Å²) in [6.45, 7) is 7.73. The van der Waals surface area contributed by atoms with Gasteiger partial charge < -0.3 is 16.2 Å². The number of carboxylic acids is 1. The zero-order valence-electron chi connectivity index (χ0n) is 11.1. The van der Waals surface area contributed by atoms with Crippen LogP contribution < -0.4 is 11.1 Å². The van der Waals surface area contributed by atoms with Gasteiger partial charge in [0.05, 0.1) is 12.3 Å². The number of nitrogens with one attached hydrogen (secondary N) is 1. The highest BCUT2D eigenvalue weighted by molar-refractivity contribution is 5.80. The maximum Gasteiger partial charge on any atom is 0.305 e. The Kier molecular flexibility index (Phi) is 6.16. The molecule has 0 aliphatic carbocycles. The molecule has 100 valence electrons. The van der Waals surface area contributed by atoms with E-state index in [1.165, 1.54) is 0 Å². The summed E-state index contributed by atoms with van der Waals surface area (Å²) < 4.78 is 0. The van der Waals surface area contributed by atoms with Crippen LogP contribution in [-0.2, 0) is 9.59 Å². The number of amides is 1. The van der Waals surface area contributed by atoms with E-state index in [-0.39, 0.29) is 24.8 Å². The van der Waals surface area contributed by atoms with E-state index in [2.05, 4.69) is 5.32 Å². The summed E-state index contributed by atoms with van der Waals surface area (Å²) in [4.78, 5) is 22.6. The fraction of sp³-hybridized carbons (Fsp3) is 0.833. The molecule has 5 nitrogen and oxygen atoms in total. The van der Waals surface area contributed by atoms with Crippen LogP contribution in [0.25, 0.3) is 0 Å². The molecule has 0 radical (unpaired) electrons. The average Bonchev–Trinajstić information content (AvgIpc) is 2.10. The van der Waals surface area contributed by atoms with E-state index < -0.39 is 11.5 Å². The van der Waals surface area contributed by atoms with Gasteiger partial charge in [0.15, 0.2) is 0 Å². The van der Waals surface area contributed by atoms with E-state index in [0.29, 0.717) is 12.3 Å². The maximum absolute atomic E-state index is 11.9. The van der Waals surface area contributed by atoms with Crippen LogP contribution in [-0.4, -0.2) is 29.1 Å². The van der Waals surface area contributed by atoms with Crippen LogP contribution in [0.4, 0.5) is 0 Å². The predicted octanol–water partition coefficient (Wildman–Crippen LogP) is 0.977. The van der Waals surface area contributed by atoms with Crippen LogP contribution in [0.5, 0.6) is 0 Å². The lowest BCUT2D eigenvalue weighted by Crippen LogP contribution is -2.48. The van der Waals surface area contributed by atoms with Gasteiger partial charge in [-0.05, 0) is 26.2 Å². The number of hydrogen-bond donors (Lipinski definition) is 3. The second-order valence-corrected chi connectivity index (χ2v) is 5.51. The summed E-state index contributed by atoms with van der Waals surface area (Å²) in [6, 6.07) is 0. The van der Waals surface area contributed by atoms with Gasteiger partial charge in [-0.15, -0.1) is 0 Å². The highest BCUT2D eigenvalue weighted by Crippen LogP contribution is 2.14. The first-order valence-electron chi connectivity index (χ1n) is 5.92.